The van der Waals surface area contributed by atoms with Crippen LogP contribution in [-0.4, -0.2) is 29.9 Å². The number of aromatic nitrogens is 3. The quantitative estimate of drug-likeness (QED) is 0.164. The third-order valence-corrected chi connectivity index (χ3v) is 13.9. The van der Waals surface area contributed by atoms with E-state index in [0.717, 1.165) is 40.1 Å². The van der Waals surface area contributed by atoms with Crippen molar-refractivity contribution >= 4 is 33.8 Å². The average molecular weight is 759 g/mol. The van der Waals surface area contributed by atoms with Gasteiger partial charge < -0.3 is 0 Å². The summed E-state index contributed by atoms with van der Waals surface area (Å²) in [5.74, 6) is 0. The summed E-state index contributed by atoms with van der Waals surface area (Å²) >= 11 is 0.219. The van der Waals surface area contributed by atoms with Crippen LogP contribution in [0, 0.1) is 27.7 Å². The van der Waals surface area contributed by atoms with Gasteiger partial charge in [0.15, 0.2) is 0 Å². The first-order chi connectivity index (χ1) is 26.5. The van der Waals surface area contributed by atoms with Crippen LogP contribution >= 0.6 is 0 Å². The maximum absolute atomic E-state index is 5.06. The van der Waals surface area contributed by atoms with Gasteiger partial charge in [-0.2, -0.15) is 0 Å². The second kappa shape index (κ2) is 12.9. The van der Waals surface area contributed by atoms with Gasteiger partial charge in [-0.05, 0) is 0 Å². The van der Waals surface area contributed by atoms with Crippen LogP contribution in [0.25, 0.3) is 86.3 Å². The summed E-state index contributed by atoms with van der Waals surface area (Å²) in [5, 5.41) is 17.1. The first kappa shape index (κ1) is 32.7. The van der Waals surface area contributed by atoms with Gasteiger partial charge in [0.25, 0.3) is 0 Å². The molecule has 1 aliphatic rings. The van der Waals surface area contributed by atoms with Crippen molar-refractivity contribution < 1.29 is 0 Å². The van der Waals surface area contributed by atoms with E-state index in [2.05, 4.69) is 166 Å². The standard InChI is InChI=1S/C50H37N3Se/c1-29-26-39-36-21-12-11-20-35(36)28-40(39)44(31(29)3)41-27-30(2)32(4)45(48(41)38-23-15-25-43-47(38)37-22-13-14-24-42(37)54-43)50-46(33-16-7-5-8-17-33)49(51-53-52-50)34-18-9-6-10-19-34/h5-27H,28H2,1-4H3. The second-order valence-electron chi connectivity index (χ2n) is 14.5. The fourth-order valence-electron chi connectivity index (χ4n) is 8.73. The van der Waals surface area contributed by atoms with Gasteiger partial charge in [0.1, 0.15) is 0 Å². The van der Waals surface area contributed by atoms with E-state index in [1.807, 2.05) is 6.07 Å². The Balaban J connectivity index is 1.40. The summed E-state index contributed by atoms with van der Waals surface area (Å²) in [4.78, 5) is 0. The molecule has 0 N–H and O–H groups in total. The number of aryl methyl sites for hydroxylation is 2. The molecule has 2 aromatic heterocycles. The first-order valence-electron chi connectivity index (χ1n) is 18.6. The Morgan fingerprint density at radius 1 is 0.463 bits per heavy atom. The summed E-state index contributed by atoms with van der Waals surface area (Å²) in [6.07, 6.45) is 0.908. The Labute approximate surface area is 321 Å². The van der Waals surface area contributed by atoms with Crippen molar-refractivity contribution in [3.05, 3.63) is 173 Å². The Morgan fingerprint density at radius 2 is 1.07 bits per heavy atom. The topological polar surface area (TPSA) is 38.7 Å². The summed E-state index contributed by atoms with van der Waals surface area (Å²) < 4.78 is 2.85. The Hall–Kier alpha value is -5.93. The molecule has 0 bridgehead atoms. The van der Waals surface area contributed by atoms with E-state index >= 15 is 0 Å². The van der Waals surface area contributed by atoms with Gasteiger partial charge in [0, 0.05) is 0 Å². The molecule has 9 aromatic rings. The van der Waals surface area contributed by atoms with Gasteiger partial charge in [-0.3, -0.25) is 0 Å². The summed E-state index contributed by atoms with van der Waals surface area (Å²) in [6, 6.07) is 50.8. The average Bonchev–Trinajstić information content (AvgIpc) is 3.78. The van der Waals surface area contributed by atoms with Crippen molar-refractivity contribution in [2.45, 2.75) is 34.1 Å². The maximum atomic E-state index is 5.06. The van der Waals surface area contributed by atoms with Gasteiger partial charge in [0.2, 0.25) is 0 Å². The molecule has 10 rings (SSSR count). The number of hydrogen-bond donors (Lipinski definition) is 0. The van der Waals surface area contributed by atoms with Gasteiger partial charge in [-0.25, -0.2) is 0 Å². The zero-order chi connectivity index (χ0) is 36.5. The molecule has 0 saturated heterocycles. The van der Waals surface area contributed by atoms with E-state index in [4.69, 9.17) is 10.2 Å². The number of hydrogen-bond acceptors (Lipinski definition) is 3. The van der Waals surface area contributed by atoms with Crippen molar-refractivity contribution in [1.29, 1.82) is 0 Å². The van der Waals surface area contributed by atoms with Crippen molar-refractivity contribution in [1.82, 2.24) is 15.4 Å². The monoisotopic (exact) mass is 759 g/mol. The Bertz CT molecular complexity index is 2940. The molecule has 4 heteroatoms. The molecule has 2 heterocycles. The van der Waals surface area contributed by atoms with Crippen LogP contribution in [0.4, 0.5) is 0 Å². The fourth-order valence-corrected chi connectivity index (χ4v) is 11.1. The van der Waals surface area contributed by atoms with Crippen LogP contribution in [0.5, 0.6) is 0 Å². The van der Waals surface area contributed by atoms with Gasteiger partial charge in [0.05, 0.1) is 0 Å². The van der Waals surface area contributed by atoms with E-state index in [1.54, 1.807) is 0 Å². The summed E-state index contributed by atoms with van der Waals surface area (Å²) in [6.45, 7) is 9.11. The van der Waals surface area contributed by atoms with E-state index in [9.17, 15) is 0 Å². The first-order valence-corrected chi connectivity index (χ1v) is 20.3. The Morgan fingerprint density at radius 3 is 1.87 bits per heavy atom. The molecule has 0 radical (unpaired) electrons. The predicted molar refractivity (Wildman–Crippen MR) is 226 cm³/mol. The minimum absolute atomic E-state index is 0.219. The van der Waals surface area contributed by atoms with Crippen LogP contribution in [0.1, 0.15) is 33.4 Å². The van der Waals surface area contributed by atoms with Crippen LogP contribution in [0.2, 0.25) is 0 Å². The number of benzene rings is 7. The molecular formula is C50H37N3Se. The molecule has 3 nitrogen and oxygen atoms in total. The minimum atomic E-state index is 0.219. The van der Waals surface area contributed by atoms with Crippen LogP contribution in [0.3, 0.4) is 0 Å². The molecule has 0 fully saturated rings. The van der Waals surface area contributed by atoms with Crippen LogP contribution in [-0.2, 0) is 6.42 Å². The molecule has 1 aliphatic carbocycles. The molecule has 7 aromatic carbocycles. The summed E-state index contributed by atoms with van der Waals surface area (Å²) in [7, 11) is 0. The van der Waals surface area contributed by atoms with E-state index in [-0.39, 0.29) is 14.5 Å². The van der Waals surface area contributed by atoms with Crippen molar-refractivity contribution in [3.8, 4) is 67.0 Å². The van der Waals surface area contributed by atoms with Gasteiger partial charge in [-0.1, -0.05) is 0 Å². The molecular weight excluding hydrogens is 722 g/mol. The molecule has 0 unspecified atom stereocenters. The summed E-state index contributed by atoms with van der Waals surface area (Å²) in [5.41, 5.74) is 21.5. The normalized spacial score (nSPS) is 12.0. The van der Waals surface area contributed by atoms with E-state index in [1.165, 1.54) is 86.1 Å². The molecule has 0 amide bonds. The predicted octanol–water partition coefficient (Wildman–Crippen LogP) is 12.4. The molecule has 54 heavy (non-hydrogen) atoms. The van der Waals surface area contributed by atoms with Crippen LogP contribution in [0.15, 0.2) is 140 Å². The molecule has 0 aliphatic heterocycles. The third-order valence-electron chi connectivity index (χ3n) is 11.5. The number of rotatable bonds is 5. The molecule has 0 spiro atoms. The third kappa shape index (κ3) is 5.05. The molecule has 0 saturated carbocycles. The van der Waals surface area contributed by atoms with Crippen molar-refractivity contribution in [3.63, 3.8) is 0 Å². The van der Waals surface area contributed by atoms with Crippen LogP contribution < -0.4 is 0 Å². The van der Waals surface area contributed by atoms with E-state index in [0.29, 0.717) is 0 Å². The molecule has 0 atom stereocenters. The number of nitrogens with zero attached hydrogens (tertiary/aromatic N) is 3. The molecule has 258 valence electrons. The zero-order valence-electron chi connectivity index (χ0n) is 30.7. The second-order valence-corrected chi connectivity index (χ2v) is 16.8. The fraction of sp³-hybridized carbons (Fsp3) is 0.100. The zero-order valence-corrected chi connectivity index (χ0v) is 32.4. The van der Waals surface area contributed by atoms with Crippen molar-refractivity contribution in [2.75, 3.05) is 0 Å². The SMILES string of the molecule is Cc1cc2c(c(-c3cc(C)c(C)c(-c4nnnc(-c5ccccc5)c4-c4ccccc4)c3-c3cccc4[se]c5ccccc5c34)c1C)Cc1ccccc1-2. The van der Waals surface area contributed by atoms with Gasteiger partial charge in [-0.15, -0.1) is 0 Å². The van der Waals surface area contributed by atoms with Gasteiger partial charge >= 0.3 is 323 Å². The Kier molecular flexibility index (Phi) is 7.80. The number of fused-ring (bicyclic) bond motifs is 6. The van der Waals surface area contributed by atoms with Crippen molar-refractivity contribution in [2.24, 2.45) is 0 Å². The van der Waals surface area contributed by atoms with E-state index < -0.39 is 0 Å².